The van der Waals surface area contributed by atoms with Crippen molar-refractivity contribution in [3.05, 3.63) is 28.8 Å². The Kier molecular flexibility index (Phi) is 5.11. The van der Waals surface area contributed by atoms with Gasteiger partial charge in [0.2, 0.25) is 0 Å². The van der Waals surface area contributed by atoms with Crippen LogP contribution in [0.1, 0.15) is 10.4 Å². The van der Waals surface area contributed by atoms with Crippen molar-refractivity contribution >= 4 is 36.2 Å². The van der Waals surface area contributed by atoms with Gasteiger partial charge in [0.1, 0.15) is 6.61 Å². The Morgan fingerprint density at radius 1 is 1.47 bits per heavy atom. The molecular formula is C10H11ClN2O3S. The van der Waals surface area contributed by atoms with Crippen LogP contribution < -0.4 is 11.1 Å². The molecule has 0 radical (unpaired) electrons. The Bertz CT molecular complexity index is 440. The lowest BCUT2D eigenvalue weighted by Crippen LogP contribution is -2.29. The first-order chi connectivity index (χ1) is 8.00. The Hall–Kier alpha value is -1.40. The summed E-state index contributed by atoms with van der Waals surface area (Å²) in [4.78, 5) is 22.6. The second kappa shape index (κ2) is 6.36. The molecule has 0 heterocycles. The van der Waals surface area contributed by atoms with Gasteiger partial charge in [0, 0.05) is 4.90 Å². The number of nitrogens with one attached hydrogen (secondary N) is 1. The Morgan fingerprint density at radius 3 is 2.82 bits per heavy atom. The van der Waals surface area contributed by atoms with E-state index in [1.807, 2.05) is 0 Å². The van der Waals surface area contributed by atoms with Crippen molar-refractivity contribution in [1.82, 2.24) is 5.32 Å². The largest absolute Gasteiger partial charge is 0.448 e. The summed E-state index contributed by atoms with van der Waals surface area (Å²) < 4.78 is 4.46. The molecule has 1 aromatic rings. The van der Waals surface area contributed by atoms with E-state index in [2.05, 4.69) is 22.7 Å². The average molecular weight is 275 g/mol. The van der Waals surface area contributed by atoms with Crippen molar-refractivity contribution in [3.63, 3.8) is 0 Å². The molecule has 7 heteroatoms. The number of benzene rings is 1. The van der Waals surface area contributed by atoms with Crippen molar-refractivity contribution in [2.45, 2.75) is 4.90 Å². The summed E-state index contributed by atoms with van der Waals surface area (Å²) in [7, 11) is 0. The number of primary amides is 1. The van der Waals surface area contributed by atoms with Gasteiger partial charge >= 0.3 is 6.09 Å². The minimum absolute atomic E-state index is 0.0132. The highest BCUT2D eigenvalue weighted by Gasteiger charge is 2.10. The quantitative estimate of drug-likeness (QED) is 0.574. The molecular weight excluding hydrogens is 264 g/mol. The lowest BCUT2D eigenvalue weighted by Gasteiger charge is -2.07. The van der Waals surface area contributed by atoms with E-state index in [9.17, 15) is 9.59 Å². The normalized spacial score (nSPS) is 9.76. The molecule has 3 N–H and O–H groups in total. The van der Waals surface area contributed by atoms with Gasteiger partial charge < -0.3 is 15.8 Å². The topological polar surface area (TPSA) is 81.4 Å². The lowest BCUT2D eigenvalue weighted by molar-refractivity contribution is 0.0936. The highest BCUT2D eigenvalue weighted by molar-refractivity contribution is 7.80. The number of hydrogen-bond acceptors (Lipinski definition) is 4. The molecule has 0 fully saturated rings. The molecule has 0 aliphatic rings. The average Bonchev–Trinajstić information content (AvgIpc) is 2.27. The third kappa shape index (κ3) is 4.54. The summed E-state index contributed by atoms with van der Waals surface area (Å²) in [6, 6.07) is 4.81. The van der Waals surface area contributed by atoms with Gasteiger partial charge in [-0.05, 0) is 18.2 Å². The van der Waals surface area contributed by atoms with Crippen LogP contribution in [-0.4, -0.2) is 25.2 Å². The molecule has 1 rings (SSSR count). The van der Waals surface area contributed by atoms with Crippen LogP contribution in [0.15, 0.2) is 23.1 Å². The van der Waals surface area contributed by atoms with Crippen molar-refractivity contribution < 1.29 is 14.3 Å². The van der Waals surface area contributed by atoms with Gasteiger partial charge in [0.05, 0.1) is 17.1 Å². The summed E-state index contributed by atoms with van der Waals surface area (Å²) in [5.41, 5.74) is 5.08. The number of rotatable bonds is 4. The number of ether oxygens (including phenoxy) is 1. The molecule has 17 heavy (non-hydrogen) atoms. The first kappa shape index (κ1) is 13.7. The lowest BCUT2D eigenvalue weighted by atomic mass is 10.2. The number of carbonyl (C=O) groups excluding carboxylic acids is 2. The van der Waals surface area contributed by atoms with Crippen LogP contribution in [0, 0.1) is 0 Å². The number of halogens is 1. The molecule has 0 unspecified atom stereocenters. The molecule has 1 aromatic carbocycles. The summed E-state index contributed by atoms with van der Waals surface area (Å²) >= 11 is 9.96. The Balaban J connectivity index is 2.52. The second-order valence-corrected chi connectivity index (χ2v) is 4.01. The summed E-state index contributed by atoms with van der Waals surface area (Å²) in [6.07, 6.45) is -0.880. The van der Waals surface area contributed by atoms with Gasteiger partial charge in [-0.2, -0.15) is 0 Å². The highest BCUT2D eigenvalue weighted by Crippen LogP contribution is 2.19. The Labute approximate surface area is 109 Å². The fourth-order valence-corrected chi connectivity index (χ4v) is 1.51. The van der Waals surface area contributed by atoms with Crippen molar-refractivity contribution in [2.24, 2.45) is 5.73 Å². The van der Waals surface area contributed by atoms with Crippen molar-refractivity contribution in [1.29, 1.82) is 0 Å². The van der Waals surface area contributed by atoms with Crippen LogP contribution in [0.25, 0.3) is 0 Å². The van der Waals surface area contributed by atoms with Gasteiger partial charge in [-0.1, -0.05) is 11.6 Å². The zero-order valence-corrected chi connectivity index (χ0v) is 10.4. The van der Waals surface area contributed by atoms with E-state index in [1.165, 1.54) is 0 Å². The van der Waals surface area contributed by atoms with E-state index in [-0.39, 0.29) is 19.1 Å². The minimum atomic E-state index is -0.880. The third-order valence-electron chi connectivity index (χ3n) is 1.83. The van der Waals surface area contributed by atoms with Gasteiger partial charge in [-0.15, -0.1) is 12.6 Å². The maximum atomic E-state index is 11.7. The number of thiol groups is 1. The minimum Gasteiger partial charge on any atom is -0.448 e. The summed E-state index contributed by atoms with van der Waals surface area (Å²) in [6.45, 7) is 0.175. The van der Waals surface area contributed by atoms with Gasteiger partial charge in [0.15, 0.2) is 0 Å². The molecule has 0 aromatic heterocycles. The van der Waals surface area contributed by atoms with Crippen LogP contribution in [-0.2, 0) is 4.74 Å². The smallest absolute Gasteiger partial charge is 0.404 e. The maximum absolute atomic E-state index is 11.7. The van der Waals surface area contributed by atoms with E-state index in [0.29, 0.717) is 15.5 Å². The molecule has 5 nitrogen and oxygen atoms in total. The standard InChI is InChI=1S/C10H11ClN2O3S/c11-8-2-1-6(17)5-7(8)9(14)13-3-4-16-10(12)15/h1-2,5,17H,3-4H2,(H2,12,15)(H,13,14). The van der Waals surface area contributed by atoms with E-state index in [1.54, 1.807) is 18.2 Å². The van der Waals surface area contributed by atoms with Gasteiger partial charge in [-0.25, -0.2) is 4.79 Å². The van der Waals surface area contributed by atoms with Crippen LogP contribution in [0.4, 0.5) is 4.79 Å². The van der Waals surface area contributed by atoms with Crippen LogP contribution in [0.2, 0.25) is 5.02 Å². The SMILES string of the molecule is NC(=O)OCCNC(=O)c1cc(S)ccc1Cl. The van der Waals surface area contributed by atoms with Crippen LogP contribution in [0.5, 0.6) is 0 Å². The number of hydrogen-bond donors (Lipinski definition) is 3. The van der Waals surface area contributed by atoms with Crippen LogP contribution in [0.3, 0.4) is 0 Å². The summed E-state index contributed by atoms with van der Waals surface area (Å²) in [5, 5.41) is 2.86. The molecule has 0 saturated heterocycles. The first-order valence-electron chi connectivity index (χ1n) is 4.69. The van der Waals surface area contributed by atoms with E-state index >= 15 is 0 Å². The molecule has 0 atom stereocenters. The number of nitrogens with two attached hydrogens (primary N) is 1. The Morgan fingerprint density at radius 2 is 2.18 bits per heavy atom. The third-order valence-corrected chi connectivity index (χ3v) is 2.43. The zero-order chi connectivity index (χ0) is 12.8. The maximum Gasteiger partial charge on any atom is 0.404 e. The van der Waals surface area contributed by atoms with Crippen molar-refractivity contribution in [3.8, 4) is 0 Å². The fourth-order valence-electron chi connectivity index (χ4n) is 1.10. The molecule has 0 aliphatic carbocycles. The molecule has 0 bridgehead atoms. The van der Waals surface area contributed by atoms with Crippen molar-refractivity contribution in [2.75, 3.05) is 13.2 Å². The molecule has 0 aliphatic heterocycles. The number of amides is 2. The first-order valence-corrected chi connectivity index (χ1v) is 5.52. The molecule has 0 saturated carbocycles. The fraction of sp³-hybridized carbons (Fsp3) is 0.200. The monoisotopic (exact) mass is 274 g/mol. The van der Waals surface area contributed by atoms with Gasteiger partial charge in [0.25, 0.3) is 5.91 Å². The zero-order valence-electron chi connectivity index (χ0n) is 8.77. The van der Waals surface area contributed by atoms with E-state index in [4.69, 9.17) is 17.3 Å². The number of carbonyl (C=O) groups is 2. The van der Waals surface area contributed by atoms with Crippen LogP contribution >= 0.6 is 24.2 Å². The summed E-state index contributed by atoms with van der Waals surface area (Å²) in [5.74, 6) is -0.362. The molecule has 92 valence electrons. The molecule has 0 spiro atoms. The molecule has 2 amide bonds. The van der Waals surface area contributed by atoms with Gasteiger partial charge in [-0.3, -0.25) is 4.79 Å². The predicted octanol–water partition coefficient (Wildman–Crippen LogP) is 1.45. The van der Waals surface area contributed by atoms with E-state index < -0.39 is 6.09 Å². The second-order valence-electron chi connectivity index (χ2n) is 3.09. The van der Waals surface area contributed by atoms with E-state index in [0.717, 1.165) is 0 Å². The highest BCUT2D eigenvalue weighted by atomic mass is 35.5. The predicted molar refractivity (Wildman–Crippen MR) is 66.6 cm³/mol.